The Hall–Kier alpha value is -1.95. The second kappa shape index (κ2) is 6.04. The highest BCUT2D eigenvalue weighted by Gasteiger charge is 2.39. The molecule has 0 aromatic heterocycles. The van der Waals surface area contributed by atoms with Gasteiger partial charge < -0.3 is 24.4 Å². The van der Waals surface area contributed by atoms with Crippen LogP contribution < -0.4 is 19.5 Å². The number of likely N-dealkylation sites (tertiary alicyclic amines) is 1. The van der Waals surface area contributed by atoms with Gasteiger partial charge in [-0.05, 0) is 11.8 Å². The molecule has 2 atom stereocenters. The molecule has 1 aromatic rings. The molecule has 2 aliphatic rings. The van der Waals surface area contributed by atoms with E-state index in [1.807, 2.05) is 4.90 Å². The van der Waals surface area contributed by atoms with Gasteiger partial charge in [-0.15, -0.1) is 0 Å². The Kier molecular flexibility index (Phi) is 4.11. The second-order valence-corrected chi connectivity index (χ2v) is 5.80. The fraction of sp³-hybridized carbons (Fsp3) is 0.562. The van der Waals surface area contributed by atoms with Crippen LogP contribution in [0.5, 0.6) is 17.2 Å². The average Bonchev–Trinajstić information content (AvgIpc) is 3.14. The van der Waals surface area contributed by atoms with Crippen LogP contribution in [-0.4, -0.2) is 58.3 Å². The summed E-state index contributed by atoms with van der Waals surface area (Å²) >= 11 is 0. The fourth-order valence-corrected chi connectivity index (χ4v) is 3.39. The molecule has 22 heavy (non-hydrogen) atoms. The van der Waals surface area contributed by atoms with Crippen molar-refractivity contribution in [2.24, 2.45) is 11.8 Å². The van der Waals surface area contributed by atoms with Gasteiger partial charge in [0, 0.05) is 38.3 Å². The number of nitrogens with one attached hydrogen (secondary N) is 1. The Labute approximate surface area is 130 Å². The molecule has 6 nitrogen and oxygen atoms in total. The molecule has 2 aliphatic heterocycles. The van der Waals surface area contributed by atoms with E-state index in [0.717, 1.165) is 26.2 Å². The summed E-state index contributed by atoms with van der Waals surface area (Å²) in [6.45, 7) is 3.59. The SMILES string of the molecule is COc1cc(OC)c(C(=O)N2C[C@H]3CNC[C@H]3C2)cc1OC. The molecule has 2 saturated heterocycles. The van der Waals surface area contributed by atoms with Crippen molar-refractivity contribution in [1.29, 1.82) is 0 Å². The highest BCUT2D eigenvalue weighted by molar-refractivity contribution is 5.98. The first-order valence-electron chi connectivity index (χ1n) is 7.48. The van der Waals surface area contributed by atoms with Gasteiger partial charge in [-0.1, -0.05) is 0 Å². The normalized spacial score (nSPS) is 23.3. The first-order valence-corrected chi connectivity index (χ1v) is 7.48. The molecule has 0 aliphatic carbocycles. The lowest BCUT2D eigenvalue weighted by Gasteiger charge is -2.20. The number of benzene rings is 1. The summed E-state index contributed by atoms with van der Waals surface area (Å²) in [7, 11) is 4.68. The third-order valence-corrected chi connectivity index (χ3v) is 4.61. The summed E-state index contributed by atoms with van der Waals surface area (Å²) in [5.74, 6) is 2.72. The van der Waals surface area contributed by atoms with Crippen molar-refractivity contribution in [2.75, 3.05) is 47.5 Å². The van der Waals surface area contributed by atoms with Crippen molar-refractivity contribution in [3.8, 4) is 17.2 Å². The Morgan fingerprint density at radius 3 is 2.09 bits per heavy atom. The van der Waals surface area contributed by atoms with E-state index in [1.165, 1.54) is 0 Å². The molecular formula is C16H22N2O4. The lowest BCUT2D eigenvalue weighted by molar-refractivity contribution is 0.0778. The van der Waals surface area contributed by atoms with E-state index in [-0.39, 0.29) is 5.91 Å². The van der Waals surface area contributed by atoms with E-state index in [1.54, 1.807) is 33.5 Å². The Bertz CT molecular complexity index is 564. The van der Waals surface area contributed by atoms with E-state index in [0.29, 0.717) is 34.6 Å². The maximum Gasteiger partial charge on any atom is 0.257 e. The summed E-state index contributed by atoms with van der Waals surface area (Å²) in [5.41, 5.74) is 0.521. The number of carbonyl (C=O) groups excluding carboxylic acids is 1. The fourth-order valence-electron chi connectivity index (χ4n) is 3.39. The van der Waals surface area contributed by atoms with E-state index in [2.05, 4.69) is 5.32 Å². The maximum absolute atomic E-state index is 12.9. The third-order valence-electron chi connectivity index (χ3n) is 4.61. The highest BCUT2D eigenvalue weighted by atomic mass is 16.5. The van der Waals surface area contributed by atoms with Crippen LogP contribution in [0, 0.1) is 11.8 Å². The lowest BCUT2D eigenvalue weighted by atomic mass is 10.0. The Morgan fingerprint density at radius 2 is 1.55 bits per heavy atom. The van der Waals surface area contributed by atoms with Gasteiger partial charge in [-0.25, -0.2) is 0 Å². The lowest BCUT2D eigenvalue weighted by Crippen LogP contribution is -2.32. The van der Waals surface area contributed by atoms with Crippen LogP contribution in [0.2, 0.25) is 0 Å². The summed E-state index contributed by atoms with van der Waals surface area (Å²) in [6.07, 6.45) is 0. The minimum Gasteiger partial charge on any atom is -0.496 e. The molecule has 6 heteroatoms. The number of rotatable bonds is 4. The average molecular weight is 306 g/mol. The summed E-state index contributed by atoms with van der Waals surface area (Å²) in [5, 5.41) is 3.38. The van der Waals surface area contributed by atoms with Gasteiger partial charge >= 0.3 is 0 Å². The van der Waals surface area contributed by atoms with Crippen LogP contribution in [0.1, 0.15) is 10.4 Å². The second-order valence-electron chi connectivity index (χ2n) is 5.80. The van der Waals surface area contributed by atoms with Gasteiger partial charge in [0.1, 0.15) is 5.75 Å². The van der Waals surface area contributed by atoms with Crippen LogP contribution in [0.15, 0.2) is 12.1 Å². The number of methoxy groups -OCH3 is 3. The van der Waals surface area contributed by atoms with E-state index < -0.39 is 0 Å². The van der Waals surface area contributed by atoms with E-state index in [4.69, 9.17) is 14.2 Å². The maximum atomic E-state index is 12.9. The summed E-state index contributed by atoms with van der Waals surface area (Å²) < 4.78 is 15.9. The number of hydrogen-bond donors (Lipinski definition) is 1. The molecule has 1 aromatic carbocycles. The zero-order valence-electron chi connectivity index (χ0n) is 13.2. The highest BCUT2D eigenvalue weighted by Crippen LogP contribution is 2.36. The Morgan fingerprint density at radius 1 is 1.00 bits per heavy atom. The molecule has 0 radical (unpaired) electrons. The van der Waals surface area contributed by atoms with Gasteiger partial charge in [0.2, 0.25) is 0 Å². The van der Waals surface area contributed by atoms with Crippen molar-refractivity contribution in [2.45, 2.75) is 0 Å². The molecule has 1 N–H and O–H groups in total. The molecule has 0 saturated carbocycles. The van der Waals surface area contributed by atoms with Crippen molar-refractivity contribution in [3.05, 3.63) is 17.7 Å². The van der Waals surface area contributed by atoms with Crippen LogP contribution in [0.25, 0.3) is 0 Å². The molecule has 1 amide bonds. The molecule has 3 rings (SSSR count). The van der Waals surface area contributed by atoms with Gasteiger partial charge in [0.05, 0.1) is 26.9 Å². The molecule has 2 fully saturated rings. The molecule has 0 spiro atoms. The number of hydrogen-bond acceptors (Lipinski definition) is 5. The molecular weight excluding hydrogens is 284 g/mol. The largest absolute Gasteiger partial charge is 0.496 e. The van der Waals surface area contributed by atoms with Crippen molar-refractivity contribution in [1.82, 2.24) is 10.2 Å². The third kappa shape index (κ3) is 2.47. The molecule has 0 unspecified atom stereocenters. The zero-order chi connectivity index (χ0) is 15.7. The number of nitrogens with zero attached hydrogens (tertiary/aromatic N) is 1. The number of ether oxygens (including phenoxy) is 3. The number of carbonyl (C=O) groups is 1. The molecule has 120 valence electrons. The smallest absolute Gasteiger partial charge is 0.257 e. The summed E-state index contributed by atoms with van der Waals surface area (Å²) in [6, 6.07) is 3.40. The first-order chi connectivity index (χ1) is 10.7. The van der Waals surface area contributed by atoms with Gasteiger partial charge in [0.25, 0.3) is 5.91 Å². The monoisotopic (exact) mass is 306 g/mol. The van der Waals surface area contributed by atoms with Crippen molar-refractivity contribution < 1.29 is 19.0 Å². The van der Waals surface area contributed by atoms with E-state index in [9.17, 15) is 4.79 Å². The van der Waals surface area contributed by atoms with Crippen LogP contribution in [0.4, 0.5) is 0 Å². The van der Waals surface area contributed by atoms with Crippen molar-refractivity contribution in [3.63, 3.8) is 0 Å². The quantitative estimate of drug-likeness (QED) is 0.899. The minimum absolute atomic E-state index is 0.00722. The van der Waals surface area contributed by atoms with Gasteiger partial charge in [-0.3, -0.25) is 4.79 Å². The molecule has 0 bridgehead atoms. The zero-order valence-corrected chi connectivity index (χ0v) is 13.2. The standard InChI is InChI=1S/C16H22N2O4/c1-20-13-5-15(22-3)14(21-2)4-12(13)16(19)18-8-10-6-17-7-11(10)9-18/h4-5,10-11,17H,6-9H2,1-3H3/t10-,11+. The van der Waals surface area contributed by atoms with Crippen molar-refractivity contribution >= 4 is 5.91 Å². The van der Waals surface area contributed by atoms with Crippen LogP contribution >= 0.6 is 0 Å². The molecule has 2 heterocycles. The Balaban J connectivity index is 1.88. The van der Waals surface area contributed by atoms with Crippen LogP contribution in [0.3, 0.4) is 0 Å². The predicted octanol–water partition coefficient (Wildman–Crippen LogP) is 1.00. The summed E-state index contributed by atoms with van der Waals surface area (Å²) in [4.78, 5) is 14.8. The van der Waals surface area contributed by atoms with Gasteiger partial charge in [0.15, 0.2) is 11.5 Å². The predicted molar refractivity (Wildman–Crippen MR) is 81.9 cm³/mol. The van der Waals surface area contributed by atoms with Gasteiger partial charge in [-0.2, -0.15) is 0 Å². The minimum atomic E-state index is -0.00722. The van der Waals surface area contributed by atoms with E-state index >= 15 is 0 Å². The number of fused-ring (bicyclic) bond motifs is 1. The topological polar surface area (TPSA) is 60.0 Å². The first kappa shape index (κ1) is 15.0. The van der Waals surface area contributed by atoms with Crippen LogP contribution in [-0.2, 0) is 0 Å². The number of amides is 1.